The Morgan fingerprint density at radius 3 is 2.88 bits per heavy atom. The van der Waals surface area contributed by atoms with Gasteiger partial charge in [0.15, 0.2) is 0 Å². The second-order valence-corrected chi connectivity index (χ2v) is 6.63. The quantitative estimate of drug-likeness (QED) is 0.900. The maximum Gasteiger partial charge on any atom is 0.317 e. The van der Waals surface area contributed by atoms with Crippen LogP contribution in [0.5, 0.6) is 5.88 Å². The highest BCUT2D eigenvalue weighted by molar-refractivity contribution is 5.74. The van der Waals surface area contributed by atoms with Crippen molar-refractivity contribution in [3.8, 4) is 5.88 Å². The molecule has 24 heavy (non-hydrogen) atoms. The smallest absolute Gasteiger partial charge is 0.317 e. The molecule has 1 aliphatic heterocycles. The standard InChI is InChI=1S/C18H27N3O3/c1-23-16-7-4-10-21(13-16)18(22)20-12-14-8-9-19-17(11-14)24-15-5-2-3-6-15/h8-9,11,15-16H,2-7,10,12-13H2,1H3,(H,20,22)/t16-/m1/s1. The van der Waals surface area contributed by atoms with E-state index in [1.54, 1.807) is 13.3 Å². The maximum atomic E-state index is 12.3. The summed E-state index contributed by atoms with van der Waals surface area (Å²) in [7, 11) is 1.70. The molecule has 3 rings (SSSR count). The van der Waals surface area contributed by atoms with Crippen LogP contribution in [-0.2, 0) is 11.3 Å². The summed E-state index contributed by atoms with van der Waals surface area (Å²) >= 11 is 0. The fourth-order valence-electron chi connectivity index (χ4n) is 3.41. The zero-order valence-corrected chi connectivity index (χ0v) is 14.4. The molecule has 132 valence electrons. The topological polar surface area (TPSA) is 63.7 Å². The zero-order chi connectivity index (χ0) is 16.8. The average Bonchev–Trinajstić information content (AvgIpc) is 3.13. The van der Waals surface area contributed by atoms with Crippen LogP contribution in [0.3, 0.4) is 0 Å². The van der Waals surface area contributed by atoms with Crippen LogP contribution in [0.2, 0.25) is 0 Å². The minimum Gasteiger partial charge on any atom is -0.474 e. The van der Waals surface area contributed by atoms with Crippen LogP contribution in [0.25, 0.3) is 0 Å². The lowest BCUT2D eigenvalue weighted by molar-refractivity contribution is 0.0434. The van der Waals surface area contributed by atoms with Crippen LogP contribution in [-0.4, -0.2) is 48.3 Å². The Labute approximate surface area is 143 Å². The number of pyridine rings is 1. The summed E-state index contributed by atoms with van der Waals surface area (Å²) in [6, 6.07) is 3.80. The van der Waals surface area contributed by atoms with Gasteiger partial charge in [-0.05, 0) is 50.2 Å². The number of nitrogens with one attached hydrogen (secondary N) is 1. The first-order valence-electron chi connectivity index (χ1n) is 8.92. The van der Waals surface area contributed by atoms with E-state index in [1.807, 2.05) is 17.0 Å². The van der Waals surface area contributed by atoms with E-state index < -0.39 is 0 Å². The number of hydrogen-bond acceptors (Lipinski definition) is 4. The number of likely N-dealkylation sites (tertiary alicyclic amines) is 1. The lowest BCUT2D eigenvalue weighted by Crippen LogP contribution is -2.47. The number of methoxy groups -OCH3 is 1. The van der Waals surface area contributed by atoms with Gasteiger partial charge in [-0.15, -0.1) is 0 Å². The predicted molar refractivity (Wildman–Crippen MR) is 91.0 cm³/mol. The van der Waals surface area contributed by atoms with E-state index in [-0.39, 0.29) is 12.1 Å². The summed E-state index contributed by atoms with van der Waals surface area (Å²) in [6.07, 6.45) is 8.88. The monoisotopic (exact) mass is 333 g/mol. The van der Waals surface area contributed by atoms with Gasteiger partial charge in [-0.3, -0.25) is 0 Å². The van der Waals surface area contributed by atoms with Gasteiger partial charge in [0.25, 0.3) is 0 Å². The van der Waals surface area contributed by atoms with Crippen molar-refractivity contribution in [3.63, 3.8) is 0 Å². The van der Waals surface area contributed by atoms with Crippen molar-refractivity contribution in [2.45, 2.75) is 57.3 Å². The molecule has 0 spiro atoms. The van der Waals surface area contributed by atoms with Crippen LogP contribution in [0.4, 0.5) is 4.79 Å². The van der Waals surface area contributed by atoms with E-state index in [9.17, 15) is 4.79 Å². The van der Waals surface area contributed by atoms with Crippen LogP contribution in [0.1, 0.15) is 44.1 Å². The number of piperidine rings is 1. The Bertz CT molecular complexity index is 546. The minimum atomic E-state index is -0.0353. The van der Waals surface area contributed by atoms with Gasteiger partial charge in [0.05, 0.1) is 6.10 Å². The highest BCUT2D eigenvalue weighted by Gasteiger charge is 2.23. The number of urea groups is 1. The molecular weight excluding hydrogens is 306 g/mol. The van der Waals surface area contributed by atoms with Crippen LogP contribution in [0, 0.1) is 0 Å². The first-order valence-corrected chi connectivity index (χ1v) is 8.92. The van der Waals surface area contributed by atoms with Gasteiger partial charge >= 0.3 is 6.03 Å². The number of nitrogens with zero attached hydrogens (tertiary/aromatic N) is 2. The fourth-order valence-corrected chi connectivity index (χ4v) is 3.41. The number of hydrogen-bond donors (Lipinski definition) is 1. The average molecular weight is 333 g/mol. The van der Waals surface area contributed by atoms with Gasteiger partial charge in [0.1, 0.15) is 6.10 Å². The van der Waals surface area contributed by atoms with E-state index in [4.69, 9.17) is 9.47 Å². The van der Waals surface area contributed by atoms with E-state index >= 15 is 0 Å². The highest BCUT2D eigenvalue weighted by Crippen LogP contribution is 2.23. The molecular formula is C18H27N3O3. The molecule has 1 saturated heterocycles. The first kappa shape index (κ1) is 17.0. The zero-order valence-electron chi connectivity index (χ0n) is 14.4. The first-order chi connectivity index (χ1) is 11.7. The predicted octanol–water partition coefficient (Wildman–Crippen LogP) is 2.72. The molecule has 2 fully saturated rings. The van der Waals surface area contributed by atoms with Gasteiger partial charge in [0, 0.05) is 39.0 Å². The number of rotatable bonds is 5. The Balaban J connectivity index is 1.49. The number of carbonyl (C=O) groups excluding carboxylic acids is 1. The van der Waals surface area contributed by atoms with Crippen molar-refractivity contribution >= 4 is 6.03 Å². The molecule has 0 unspecified atom stereocenters. The Kier molecular flexibility index (Phi) is 5.91. The molecule has 6 nitrogen and oxygen atoms in total. The molecule has 2 amide bonds. The summed E-state index contributed by atoms with van der Waals surface area (Å²) in [4.78, 5) is 18.4. The van der Waals surface area contributed by atoms with Crippen molar-refractivity contribution in [2.24, 2.45) is 0 Å². The van der Waals surface area contributed by atoms with E-state index in [0.29, 0.717) is 25.1 Å². The molecule has 0 bridgehead atoms. The van der Waals surface area contributed by atoms with Gasteiger partial charge < -0.3 is 19.7 Å². The lowest BCUT2D eigenvalue weighted by Gasteiger charge is -2.31. The van der Waals surface area contributed by atoms with Gasteiger partial charge in [-0.1, -0.05) is 0 Å². The second kappa shape index (κ2) is 8.33. The lowest BCUT2D eigenvalue weighted by atomic mass is 10.1. The van der Waals surface area contributed by atoms with Gasteiger partial charge in [-0.25, -0.2) is 9.78 Å². The van der Waals surface area contributed by atoms with Crippen molar-refractivity contribution in [1.29, 1.82) is 0 Å². The molecule has 2 aliphatic rings. The van der Waals surface area contributed by atoms with Crippen LogP contribution >= 0.6 is 0 Å². The highest BCUT2D eigenvalue weighted by atomic mass is 16.5. The summed E-state index contributed by atoms with van der Waals surface area (Å²) in [5, 5.41) is 2.98. The van der Waals surface area contributed by atoms with Crippen molar-refractivity contribution in [1.82, 2.24) is 15.2 Å². The van der Waals surface area contributed by atoms with Crippen molar-refractivity contribution in [2.75, 3.05) is 20.2 Å². The third-order valence-electron chi connectivity index (χ3n) is 4.83. The number of carbonyl (C=O) groups is 1. The molecule has 1 aromatic heterocycles. The van der Waals surface area contributed by atoms with E-state index in [0.717, 1.165) is 37.8 Å². The molecule has 1 saturated carbocycles. The van der Waals surface area contributed by atoms with Gasteiger partial charge in [0.2, 0.25) is 5.88 Å². The SMILES string of the molecule is CO[C@@H]1CCCN(C(=O)NCc2ccnc(OC3CCCC3)c2)C1. The van der Waals surface area contributed by atoms with Crippen molar-refractivity contribution < 1.29 is 14.3 Å². The molecule has 2 heterocycles. The van der Waals surface area contributed by atoms with E-state index in [2.05, 4.69) is 10.3 Å². The molecule has 1 N–H and O–H groups in total. The fraction of sp³-hybridized carbons (Fsp3) is 0.667. The minimum absolute atomic E-state index is 0.0353. The summed E-state index contributed by atoms with van der Waals surface area (Å²) in [5.74, 6) is 0.658. The Morgan fingerprint density at radius 1 is 1.29 bits per heavy atom. The van der Waals surface area contributed by atoms with E-state index in [1.165, 1.54) is 12.8 Å². The summed E-state index contributed by atoms with van der Waals surface area (Å²) < 4.78 is 11.3. The third-order valence-corrected chi connectivity index (χ3v) is 4.83. The molecule has 0 radical (unpaired) electrons. The Morgan fingerprint density at radius 2 is 2.08 bits per heavy atom. The number of amides is 2. The van der Waals surface area contributed by atoms with Crippen LogP contribution in [0.15, 0.2) is 18.3 Å². The van der Waals surface area contributed by atoms with Gasteiger partial charge in [-0.2, -0.15) is 0 Å². The molecule has 1 aromatic rings. The second-order valence-electron chi connectivity index (χ2n) is 6.63. The maximum absolute atomic E-state index is 12.3. The third kappa shape index (κ3) is 4.60. The molecule has 1 atom stereocenters. The molecule has 6 heteroatoms. The largest absolute Gasteiger partial charge is 0.474 e. The summed E-state index contributed by atoms with van der Waals surface area (Å²) in [5.41, 5.74) is 1.01. The summed E-state index contributed by atoms with van der Waals surface area (Å²) in [6.45, 7) is 1.93. The number of ether oxygens (including phenoxy) is 2. The van der Waals surface area contributed by atoms with Crippen molar-refractivity contribution in [3.05, 3.63) is 23.9 Å². The molecule has 0 aromatic carbocycles. The number of aromatic nitrogens is 1. The normalized spacial score (nSPS) is 21.7. The molecule has 1 aliphatic carbocycles. The Hall–Kier alpha value is -1.82. The van der Waals surface area contributed by atoms with Crippen LogP contribution < -0.4 is 10.1 Å².